The maximum absolute atomic E-state index is 13.0. The summed E-state index contributed by atoms with van der Waals surface area (Å²) >= 11 is 0. The first-order valence-electron chi connectivity index (χ1n) is 11.9. The van der Waals surface area contributed by atoms with Gasteiger partial charge in [0.2, 0.25) is 0 Å². The largest absolute Gasteiger partial charge is 0.417 e. The third-order valence-electron chi connectivity index (χ3n) is 7.14. The number of carbonyl (C=O) groups excluding carboxylic acids is 1. The third-order valence-corrected chi connectivity index (χ3v) is 7.14. The molecule has 0 radical (unpaired) electrons. The first-order valence-corrected chi connectivity index (χ1v) is 11.9. The molecule has 1 aliphatic heterocycles. The Balaban J connectivity index is 1.30. The molecule has 178 valence electrons. The summed E-state index contributed by atoms with van der Waals surface area (Å²) in [6.07, 6.45) is 4.36. The average Bonchev–Trinajstić information content (AvgIpc) is 3.31. The number of alkyl halides is 3. The normalized spacial score (nSPS) is 23.6. The number of nitrogens with zero attached hydrogens (tertiary/aromatic N) is 2. The molecule has 1 saturated carbocycles. The van der Waals surface area contributed by atoms with Gasteiger partial charge in [0, 0.05) is 25.4 Å². The zero-order chi connectivity index (χ0) is 23.3. The molecular formula is C26H31F3N2O2. The second-order valence-electron chi connectivity index (χ2n) is 9.26. The summed E-state index contributed by atoms with van der Waals surface area (Å²) in [7, 11) is 0. The first-order chi connectivity index (χ1) is 16.0. The van der Waals surface area contributed by atoms with Gasteiger partial charge >= 0.3 is 6.18 Å². The van der Waals surface area contributed by atoms with E-state index in [1.165, 1.54) is 5.56 Å². The van der Waals surface area contributed by atoms with Crippen LogP contribution in [-0.2, 0) is 17.5 Å². The highest BCUT2D eigenvalue weighted by Gasteiger charge is 2.37. The van der Waals surface area contributed by atoms with Crippen molar-refractivity contribution >= 4 is 12.1 Å². The summed E-state index contributed by atoms with van der Waals surface area (Å²) in [4.78, 5) is 17.7. The Morgan fingerprint density at radius 2 is 1.85 bits per heavy atom. The van der Waals surface area contributed by atoms with Gasteiger partial charge in [0.1, 0.15) is 5.82 Å². The number of hydrogen-bond acceptors (Lipinski definition) is 4. The summed E-state index contributed by atoms with van der Waals surface area (Å²) in [5.74, 6) is 1.54. The predicted octanol–water partition coefficient (Wildman–Crippen LogP) is 6.30. The van der Waals surface area contributed by atoms with Crippen molar-refractivity contribution in [3.63, 3.8) is 0 Å². The van der Waals surface area contributed by atoms with E-state index in [4.69, 9.17) is 4.74 Å². The number of rotatable bonds is 8. The van der Waals surface area contributed by atoms with Crippen LogP contribution in [0, 0.1) is 11.8 Å². The lowest BCUT2D eigenvalue weighted by molar-refractivity contribution is -0.137. The molecule has 1 aliphatic carbocycles. The van der Waals surface area contributed by atoms with Crippen molar-refractivity contribution in [2.24, 2.45) is 11.8 Å². The zero-order valence-corrected chi connectivity index (χ0v) is 18.8. The van der Waals surface area contributed by atoms with Gasteiger partial charge in [-0.1, -0.05) is 43.2 Å². The van der Waals surface area contributed by atoms with E-state index in [1.54, 1.807) is 0 Å². The van der Waals surface area contributed by atoms with E-state index in [1.807, 2.05) is 18.2 Å². The van der Waals surface area contributed by atoms with Crippen LogP contribution in [0.25, 0.3) is 0 Å². The Morgan fingerprint density at radius 3 is 2.55 bits per heavy atom. The molecule has 0 N–H and O–H groups in total. The molecule has 4 rings (SSSR count). The highest BCUT2D eigenvalue weighted by molar-refractivity contribution is 5.83. The third kappa shape index (κ3) is 5.94. The lowest BCUT2D eigenvalue weighted by Gasteiger charge is -2.37. The molecule has 0 spiro atoms. The number of aldehydes is 1. The first kappa shape index (κ1) is 23.7. The van der Waals surface area contributed by atoms with Gasteiger partial charge in [-0.2, -0.15) is 13.2 Å². The smallest absolute Gasteiger partial charge is 0.377 e. The van der Waals surface area contributed by atoms with Crippen molar-refractivity contribution in [2.75, 3.05) is 18.1 Å². The summed E-state index contributed by atoms with van der Waals surface area (Å²) in [6, 6.07) is 11.3. The summed E-state index contributed by atoms with van der Waals surface area (Å²) in [6.45, 7) is 2.14. The molecule has 1 aromatic carbocycles. The van der Waals surface area contributed by atoms with E-state index in [2.05, 4.69) is 22.0 Å². The molecule has 0 unspecified atom stereocenters. The van der Waals surface area contributed by atoms with Gasteiger partial charge < -0.3 is 9.64 Å². The molecule has 4 nitrogen and oxygen atoms in total. The number of hydrogen-bond donors (Lipinski definition) is 0. The fourth-order valence-corrected chi connectivity index (χ4v) is 5.38. The zero-order valence-electron chi connectivity index (χ0n) is 18.8. The molecule has 2 aromatic rings. The SMILES string of the molecule is O=Cc1cc(C(F)(F)F)cnc1N1CCC[C@@H]1[C@H]1CC[C@H](CCOCc2ccccc2)CC1. The quantitative estimate of drug-likeness (QED) is 0.343. The molecule has 2 heterocycles. The van der Waals surface area contributed by atoms with Gasteiger partial charge in [-0.3, -0.25) is 4.79 Å². The van der Waals surface area contributed by atoms with Crippen molar-refractivity contribution in [2.45, 2.75) is 63.8 Å². The summed E-state index contributed by atoms with van der Waals surface area (Å²) < 4.78 is 45.0. The van der Waals surface area contributed by atoms with E-state index < -0.39 is 11.7 Å². The van der Waals surface area contributed by atoms with E-state index >= 15 is 0 Å². The van der Waals surface area contributed by atoms with E-state index in [0.29, 0.717) is 30.5 Å². The molecule has 1 aromatic heterocycles. The lowest BCUT2D eigenvalue weighted by Crippen LogP contribution is -2.38. The topological polar surface area (TPSA) is 42.4 Å². The fourth-order valence-electron chi connectivity index (χ4n) is 5.38. The van der Waals surface area contributed by atoms with Crippen LogP contribution in [0.2, 0.25) is 0 Å². The number of carbonyl (C=O) groups is 1. The number of anilines is 1. The van der Waals surface area contributed by atoms with Crippen LogP contribution in [0.3, 0.4) is 0 Å². The molecule has 2 aliphatic rings. The van der Waals surface area contributed by atoms with Crippen LogP contribution in [0.1, 0.15) is 66.4 Å². The maximum Gasteiger partial charge on any atom is 0.417 e. The molecule has 0 bridgehead atoms. The van der Waals surface area contributed by atoms with Crippen LogP contribution in [0.5, 0.6) is 0 Å². The average molecular weight is 461 g/mol. The highest BCUT2D eigenvalue weighted by atomic mass is 19.4. The van der Waals surface area contributed by atoms with Crippen LogP contribution < -0.4 is 4.90 Å². The Labute approximate surface area is 193 Å². The van der Waals surface area contributed by atoms with Crippen molar-refractivity contribution in [3.8, 4) is 0 Å². The van der Waals surface area contributed by atoms with Crippen LogP contribution >= 0.6 is 0 Å². The van der Waals surface area contributed by atoms with Gasteiger partial charge in [0.25, 0.3) is 0 Å². The number of benzene rings is 1. The summed E-state index contributed by atoms with van der Waals surface area (Å²) in [5.41, 5.74) is 0.342. The number of pyridine rings is 1. The Morgan fingerprint density at radius 1 is 1.09 bits per heavy atom. The van der Waals surface area contributed by atoms with Gasteiger partial charge in [0.05, 0.1) is 17.7 Å². The van der Waals surface area contributed by atoms with Crippen LogP contribution in [-0.4, -0.2) is 30.5 Å². The Bertz CT molecular complexity index is 911. The van der Waals surface area contributed by atoms with Crippen LogP contribution in [0.4, 0.5) is 19.0 Å². The number of halogens is 3. The van der Waals surface area contributed by atoms with Crippen molar-refractivity contribution in [1.82, 2.24) is 4.98 Å². The van der Waals surface area contributed by atoms with Crippen molar-refractivity contribution in [3.05, 3.63) is 59.3 Å². The van der Waals surface area contributed by atoms with Gasteiger partial charge in [-0.25, -0.2) is 4.98 Å². The van der Waals surface area contributed by atoms with Gasteiger partial charge in [0.15, 0.2) is 6.29 Å². The molecule has 7 heteroatoms. The summed E-state index contributed by atoms with van der Waals surface area (Å²) in [5, 5.41) is 0. The minimum atomic E-state index is -4.50. The lowest BCUT2D eigenvalue weighted by atomic mass is 9.77. The van der Waals surface area contributed by atoms with Gasteiger partial charge in [-0.15, -0.1) is 0 Å². The van der Waals surface area contributed by atoms with Crippen LogP contribution in [0.15, 0.2) is 42.6 Å². The standard InChI is InChI=1S/C26H31F3N2O2/c27-26(28,29)23-15-22(17-32)25(30-16-23)31-13-4-7-24(31)21-10-8-19(9-11-21)12-14-33-18-20-5-2-1-3-6-20/h1-3,5-6,15-17,19,21,24H,4,7-14,18H2/t19-,21-,24-/m1/s1. The highest BCUT2D eigenvalue weighted by Crippen LogP contribution is 2.40. The second kappa shape index (κ2) is 10.7. The molecule has 33 heavy (non-hydrogen) atoms. The Kier molecular flexibility index (Phi) is 7.68. The van der Waals surface area contributed by atoms with E-state index in [9.17, 15) is 18.0 Å². The minimum Gasteiger partial charge on any atom is -0.377 e. The number of aromatic nitrogens is 1. The van der Waals surface area contributed by atoms with E-state index in [-0.39, 0.29) is 11.6 Å². The van der Waals surface area contributed by atoms with Crippen molar-refractivity contribution in [1.29, 1.82) is 0 Å². The number of ether oxygens (including phenoxy) is 1. The minimum absolute atomic E-state index is 0.0287. The molecule has 0 amide bonds. The maximum atomic E-state index is 13.0. The van der Waals surface area contributed by atoms with Crippen molar-refractivity contribution < 1.29 is 22.7 Å². The molecule has 1 atom stereocenters. The second-order valence-corrected chi connectivity index (χ2v) is 9.26. The monoisotopic (exact) mass is 460 g/mol. The fraction of sp³-hybridized carbons (Fsp3) is 0.538. The Hall–Kier alpha value is -2.41. The predicted molar refractivity (Wildman–Crippen MR) is 121 cm³/mol. The van der Waals surface area contributed by atoms with E-state index in [0.717, 1.165) is 70.4 Å². The van der Waals surface area contributed by atoms with Gasteiger partial charge in [-0.05, 0) is 55.6 Å². The molecule has 1 saturated heterocycles. The molecule has 2 fully saturated rings. The molecular weight excluding hydrogens is 429 g/mol.